The van der Waals surface area contributed by atoms with Gasteiger partial charge in [-0.3, -0.25) is 9.59 Å². The van der Waals surface area contributed by atoms with Gasteiger partial charge < -0.3 is 16.0 Å². The molecule has 0 saturated carbocycles. The summed E-state index contributed by atoms with van der Waals surface area (Å²) in [6.07, 6.45) is 0.965. The van der Waals surface area contributed by atoms with Gasteiger partial charge in [0.2, 0.25) is 11.8 Å². The molecule has 0 spiro atoms. The van der Waals surface area contributed by atoms with Crippen LogP contribution in [-0.2, 0) is 16.0 Å². The van der Waals surface area contributed by atoms with Crippen molar-refractivity contribution >= 4 is 28.9 Å². The molecule has 0 aromatic heterocycles. The van der Waals surface area contributed by atoms with Crippen molar-refractivity contribution < 1.29 is 9.59 Å². The molecule has 5 nitrogen and oxygen atoms in total. The van der Waals surface area contributed by atoms with Crippen LogP contribution in [0.4, 0.5) is 17.1 Å². The second-order valence-electron chi connectivity index (χ2n) is 5.37. The van der Waals surface area contributed by atoms with E-state index in [0.717, 1.165) is 11.3 Å². The molecule has 0 aliphatic rings. The van der Waals surface area contributed by atoms with E-state index in [0.29, 0.717) is 24.2 Å². The summed E-state index contributed by atoms with van der Waals surface area (Å²) >= 11 is 0. The number of nitrogens with two attached hydrogens (primary N) is 1. The normalized spacial score (nSPS) is 10.2. The number of para-hydroxylation sites is 1. The summed E-state index contributed by atoms with van der Waals surface area (Å²) in [5, 5.41) is 2.84. The Balaban J connectivity index is 1.90. The van der Waals surface area contributed by atoms with Crippen LogP contribution in [0.2, 0.25) is 0 Å². The monoisotopic (exact) mass is 311 g/mol. The number of aryl methyl sites for hydroxylation is 1. The minimum atomic E-state index is -0.0686. The number of nitrogens with zero attached hydrogens (tertiary/aromatic N) is 1. The summed E-state index contributed by atoms with van der Waals surface area (Å²) in [6, 6.07) is 14.7. The highest BCUT2D eigenvalue weighted by molar-refractivity contribution is 5.93. The molecule has 5 heteroatoms. The van der Waals surface area contributed by atoms with Crippen molar-refractivity contribution in [2.75, 3.05) is 23.0 Å². The van der Waals surface area contributed by atoms with Crippen LogP contribution in [0, 0.1) is 0 Å². The molecule has 2 amide bonds. The number of carbonyl (C=O) groups excluding carboxylic acids is 2. The number of amides is 2. The SMILES string of the molecule is CC(=O)N(C)c1ccc(NC(=O)CCc2ccccc2N)cc1. The molecular formula is C18H21N3O2. The molecule has 2 aromatic carbocycles. The van der Waals surface area contributed by atoms with Gasteiger partial charge in [0.25, 0.3) is 0 Å². The van der Waals surface area contributed by atoms with Gasteiger partial charge in [-0.15, -0.1) is 0 Å². The second-order valence-corrected chi connectivity index (χ2v) is 5.37. The number of nitrogen functional groups attached to an aromatic ring is 1. The van der Waals surface area contributed by atoms with Gasteiger partial charge in [-0.1, -0.05) is 18.2 Å². The molecular weight excluding hydrogens is 290 g/mol. The van der Waals surface area contributed by atoms with Crippen LogP contribution in [0.25, 0.3) is 0 Å². The lowest BCUT2D eigenvalue weighted by atomic mass is 10.1. The lowest BCUT2D eigenvalue weighted by Crippen LogP contribution is -2.22. The number of hydrogen-bond donors (Lipinski definition) is 2. The van der Waals surface area contributed by atoms with Crippen molar-refractivity contribution in [1.82, 2.24) is 0 Å². The van der Waals surface area contributed by atoms with Crippen LogP contribution in [-0.4, -0.2) is 18.9 Å². The summed E-state index contributed by atoms with van der Waals surface area (Å²) in [5.74, 6) is -0.108. The molecule has 3 N–H and O–H groups in total. The summed E-state index contributed by atoms with van der Waals surface area (Å²) in [4.78, 5) is 24.9. The Labute approximate surface area is 136 Å². The van der Waals surface area contributed by atoms with Crippen molar-refractivity contribution in [2.24, 2.45) is 0 Å². The molecule has 0 unspecified atom stereocenters. The first kappa shape index (κ1) is 16.5. The van der Waals surface area contributed by atoms with Gasteiger partial charge in [0, 0.05) is 37.5 Å². The lowest BCUT2D eigenvalue weighted by Gasteiger charge is -2.15. The van der Waals surface area contributed by atoms with Crippen molar-refractivity contribution in [3.05, 3.63) is 54.1 Å². The van der Waals surface area contributed by atoms with Gasteiger partial charge in [-0.25, -0.2) is 0 Å². The van der Waals surface area contributed by atoms with E-state index in [2.05, 4.69) is 5.32 Å². The zero-order valence-corrected chi connectivity index (χ0v) is 13.4. The quantitative estimate of drug-likeness (QED) is 0.834. The zero-order chi connectivity index (χ0) is 16.8. The van der Waals surface area contributed by atoms with E-state index in [1.165, 1.54) is 6.92 Å². The molecule has 0 fully saturated rings. The van der Waals surface area contributed by atoms with Crippen molar-refractivity contribution in [2.45, 2.75) is 19.8 Å². The number of nitrogens with one attached hydrogen (secondary N) is 1. The van der Waals surface area contributed by atoms with Crippen LogP contribution in [0.3, 0.4) is 0 Å². The third-order valence-corrected chi connectivity index (χ3v) is 3.69. The number of rotatable bonds is 5. The minimum Gasteiger partial charge on any atom is -0.399 e. The van der Waals surface area contributed by atoms with Crippen LogP contribution < -0.4 is 16.0 Å². The Kier molecular flexibility index (Phi) is 5.36. The Morgan fingerprint density at radius 2 is 1.74 bits per heavy atom. The molecule has 120 valence electrons. The van der Waals surface area contributed by atoms with E-state index in [-0.39, 0.29) is 11.8 Å². The maximum absolute atomic E-state index is 12.0. The maximum atomic E-state index is 12.0. The lowest BCUT2D eigenvalue weighted by molar-refractivity contribution is -0.117. The predicted molar refractivity (Wildman–Crippen MR) is 93.3 cm³/mol. The molecule has 0 heterocycles. The van der Waals surface area contributed by atoms with Crippen LogP contribution >= 0.6 is 0 Å². The average Bonchev–Trinajstić information content (AvgIpc) is 2.54. The van der Waals surface area contributed by atoms with Crippen LogP contribution in [0.5, 0.6) is 0 Å². The highest BCUT2D eigenvalue weighted by Crippen LogP contribution is 2.18. The molecule has 0 saturated heterocycles. The molecule has 23 heavy (non-hydrogen) atoms. The van der Waals surface area contributed by atoms with Crippen molar-refractivity contribution in [3.63, 3.8) is 0 Å². The summed E-state index contributed by atoms with van der Waals surface area (Å²) in [7, 11) is 1.71. The molecule has 0 atom stereocenters. The maximum Gasteiger partial charge on any atom is 0.224 e. The number of anilines is 3. The Hall–Kier alpha value is -2.82. The Bertz CT molecular complexity index is 696. The minimum absolute atomic E-state index is 0.0396. The fourth-order valence-corrected chi connectivity index (χ4v) is 2.18. The van der Waals surface area contributed by atoms with E-state index in [1.807, 2.05) is 24.3 Å². The standard InChI is InChI=1S/C18H21N3O2/c1-13(22)21(2)16-10-8-15(9-11-16)20-18(23)12-7-14-5-3-4-6-17(14)19/h3-6,8-11H,7,12,19H2,1-2H3,(H,20,23). The van der Waals surface area contributed by atoms with E-state index < -0.39 is 0 Å². The van der Waals surface area contributed by atoms with Gasteiger partial charge >= 0.3 is 0 Å². The average molecular weight is 311 g/mol. The topological polar surface area (TPSA) is 75.4 Å². The summed E-state index contributed by atoms with van der Waals surface area (Å²) < 4.78 is 0. The zero-order valence-electron chi connectivity index (χ0n) is 13.4. The molecule has 0 aliphatic heterocycles. The first-order valence-corrected chi connectivity index (χ1v) is 7.45. The van der Waals surface area contributed by atoms with E-state index >= 15 is 0 Å². The fourth-order valence-electron chi connectivity index (χ4n) is 2.18. The van der Waals surface area contributed by atoms with E-state index in [1.54, 1.807) is 36.2 Å². The van der Waals surface area contributed by atoms with E-state index in [9.17, 15) is 9.59 Å². The van der Waals surface area contributed by atoms with E-state index in [4.69, 9.17) is 5.73 Å². The molecule has 0 bridgehead atoms. The number of benzene rings is 2. The molecule has 0 aliphatic carbocycles. The first-order valence-electron chi connectivity index (χ1n) is 7.45. The van der Waals surface area contributed by atoms with Gasteiger partial charge in [0.15, 0.2) is 0 Å². The summed E-state index contributed by atoms with van der Waals surface area (Å²) in [6.45, 7) is 1.50. The second kappa shape index (κ2) is 7.45. The van der Waals surface area contributed by atoms with Gasteiger partial charge in [0.1, 0.15) is 0 Å². The highest BCUT2D eigenvalue weighted by Gasteiger charge is 2.07. The fraction of sp³-hybridized carbons (Fsp3) is 0.222. The Morgan fingerprint density at radius 1 is 1.09 bits per heavy atom. The highest BCUT2D eigenvalue weighted by atomic mass is 16.2. The number of hydrogen-bond acceptors (Lipinski definition) is 3. The third kappa shape index (κ3) is 4.57. The van der Waals surface area contributed by atoms with Crippen molar-refractivity contribution in [3.8, 4) is 0 Å². The predicted octanol–water partition coefficient (Wildman–Crippen LogP) is 2.82. The van der Waals surface area contributed by atoms with Crippen molar-refractivity contribution in [1.29, 1.82) is 0 Å². The van der Waals surface area contributed by atoms with Gasteiger partial charge in [0.05, 0.1) is 0 Å². The van der Waals surface area contributed by atoms with Crippen LogP contribution in [0.1, 0.15) is 18.9 Å². The smallest absolute Gasteiger partial charge is 0.224 e. The molecule has 2 aromatic rings. The summed E-state index contributed by atoms with van der Waals surface area (Å²) in [5.41, 5.74) is 9.03. The third-order valence-electron chi connectivity index (χ3n) is 3.69. The number of carbonyl (C=O) groups is 2. The van der Waals surface area contributed by atoms with Crippen LogP contribution in [0.15, 0.2) is 48.5 Å². The first-order chi connectivity index (χ1) is 11.0. The Morgan fingerprint density at radius 3 is 2.35 bits per heavy atom. The molecule has 0 radical (unpaired) electrons. The van der Waals surface area contributed by atoms with Gasteiger partial charge in [-0.05, 0) is 42.3 Å². The molecule has 2 rings (SSSR count). The van der Waals surface area contributed by atoms with Gasteiger partial charge in [-0.2, -0.15) is 0 Å². The largest absolute Gasteiger partial charge is 0.399 e.